The van der Waals surface area contributed by atoms with Gasteiger partial charge < -0.3 is 9.42 Å². The maximum absolute atomic E-state index is 11.8. The van der Waals surface area contributed by atoms with Gasteiger partial charge in [0.2, 0.25) is 0 Å². The maximum atomic E-state index is 11.8. The molecule has 0 saturated heterocycles. The Kier molecular flexibility index (Phi) is 8.10. The van der Waals surface area contributed by atoms with E-state index in [1.54, 1.807) is 0 Å². The summed E-state index contributed by atoms with van der Waals surface area (Å²) in [6.45, 7) is 27.1. The molecule has 3 rings (SSSR count). The summed E-state index contributed by atoms with van der Waals surface area (Å²) in [4.78, 5) is 11.8. The van der Waals surface area contributed by atoms with Crippen molar-refractivity contribution in [3.05, 3.63) is 76.9 Å². The molecule has 3 aromatic rings. The van der Waals surface area contributed by atoms with Gasteiger partial charge >= 0.3 is 0 Å². The Balaban J connectivity index is 2.46. The highest BCUT2D eigenvalue weighted by molar-refractivity contribution is 7.23. The summed E-state index contributed by atoms with van der Waals surface area (Å²) in [5, 5.41) is 0. The van der Waals surface area contributed by atoms with Crippen molar-refractivity contribution < 1.29 is 9.42 Å². The van der Waals surface area contributed by atoms with Gasteiger partial charge in [-0.15, -0.1) is 0 Å². The fourth-order valence-corrected chi connectivity index (χ4v) is 5.14. The van der Waals surface area contributed by atoms with Crippen LogP contribution in [0.2, 0.25) is 0 Å². The summed E-state index contributed by atoms with van der Waals surface area (Å²) >= 11 is 0. The van der Waals surface area contributed by atoms with Crippen LogP contribution in [0, 0.1) is 0 Å². The van der Waals surface area contributed by atoms with E-state index in [1.807, 2.05) is 12.1 Å². The van der Waals surface area contributed by atoms with Gasteiger partial charge in [-0.2, -0.15) is 0 Å². The molecule has 0 aliphatic rings. The zero-order valence-electron chi connectivity index (χ0n) is 25.0. The van der Waals surface area contributed by atoms with E-state index in [2.05, 4.69) is 126 Å². The number of hydrogen-bond acceptors (Lipinski definition) is 2. The van der Waals surface area contributed by atoms with Crippen molar-refractivity contribution in [2.75, 3.05) is 0 Å². The predicted octanol–water partition coefficient (Wildman–Crippen LogP) is 9.46. The lowest BCUT2D eigenvalue weighted by atomic mass is 9.74. The molecular weight excluding hydrogens is 471 g/mol. The van der Waals surface area contributed by atoms with Crippen LogP contribution in [0.25, 0.3) is 22.3 Å². The molecule has 1 atom stereocenters. The van der Waals surface area contributed by atoms with E-state index >= 15 is 0 Å². The minimum atomic E-state index is -0.871. The average Bonchev–Trinajstić information content (AvgIpc) is 2.76. The van der Waals surface area contributed by atoms with Gasteiger partial charge in [0.05, 0.1) is 0 Å². The van der Waals surface area contributed by atoms with Crippen molar-refractivity contribution in [2.24, 2.45) is 0 Å². The summed E-state index contributed by atoms with van der Waals surface area (Å²) in [6, 6.07) is 19.8. The quantitative estimate of drug-likeness (QED) is 0.323. The highest BCUT2D eigenvalue weighted by Gasteiger charge is 2.28. The van der Waals surface area contributed by atoms with E-state index in [9.17, 15) is 4.89 Å². The Bertz CT molecular complexity index is 1260. The summed E-state index contributed by atoms with van der Waals surface area (Å²) in [5.74, 6) is 0.652. The van der Waals surface area contributed by atoms with E-state index in [-0.39, 0.29) is 21.7 Å². The van der Waals surface area contributed by atoms with Crippen LogP contribution in [0.1, 0.15) is 105 Å². The van der Waals surface area contributed by atoms with Crippen LogP contribution in [-0.4, -0.2) is 0 Å². The topological polar surface area (TPSA) is 32.3 Å². The number of hydrogen-bond donors (Lipinski definition) is 0. The first-order chi connectivity index (χ1) is 16.9. The third kappa shape index (κ3) is 6.47. The molecule has 0 spiro atoms. The maximum Gasteiger partial charge on any atom is 0.129 e. The smallest absolute Gasteiger partial charge is 0.129 e. The van der Waals surface area contributed by atoms with Gasteiger partial charge in [-0.3, -0.25) is 0 Å². The molecule has 0 aliphatic heterocycles. The monoisotopic (exact) mass is 517 g/mol. The molecule has 0 aromatic heterocycles. The van der Waals surface area contributed by atoms with Gasteiger partial charge in [-0.05, 0) is 75.7 Å². The summed E-state index contributed by atoms with van der Waals surface area (Å²) in [7, 11) is -0.871. The average molecular weight is 518 g/mol. The Morgan fingerprint density at radius 2 is 1.00 bits per heavy atom. The summed E-state index contributed by atoms with van der Waals surface area (Å²) in [6.07, 6.45) is 0. The first-order valence-electron chi connectivity index (χ1n) is 13.3. The van der Waals surface area contributed by atoms with Crippen molar-refractivity contribution >= 4 is 9.03 Å². The second-order valence-corrected chi connectivity index (χ2v) is 14.8. The third-order valence-corrected chi connectivity index (χ3v) is 7.43. The standard InChI is InChI=1S/C34H46O2P/c1-31(2,3)22-16-18-24(27(20-22)33(7,8)9)25-14-13-15-29(36-37-35)30(25)26-19-17-23(32(4,5)6)21-28(26)34(10,11)12/h13-21,37H,1-12H3/q-1. The molecule has 0 heterocycles. The van der Waals surface area contributed by atoms with Crippen molar-refractivity contribution in [3.8, 4) is 28.0 Å². The third-order valence-electron chi connectivity index (χ3n) is 7.12. The normalized spacial score (nSPS) is 13.4. The SMILES string of the molecule is CC(C)(C)c1ccc(-c2cccc(OP[O-])c2-c2ccc(C(C)(C)C)cc2C(C)(C)C)c(C(C)(C)C)c1. The first kappa shape index (κ1) is 29.4. The van der Waals surface area contributed by atoms with Gasteiger partial charge in [0.1, 0.15) is 5.75 Å². The molecule has 0 saturated carbocycles. The second kappa shape index (κ2) is 10.2. The fraction of sp³-hybridized carbons (Fsp3) is 0.471. The fourth-order valence-electron chi connectivity index (χ4n) is 4.88. The van der Waals surface area contributed by atoms with Crippen LogP contribution in [0.3, 0.4) is 0 Å². The molecule has 0 N–H and O–H groups in total. The lowest BCUT2D eigenvalue weighted by Gasteiger charge is -2.31. The lowest BCUT2D eigenvalue weighted by Crippen LogP contribution is -2.18. The minimum absolute atomic E-state index is 0.0377. The van der Waals surface area contributed by atoms with Gasteiger partial charge in [-0.1, -0.05) is 132 Å². The second-order valence-electron chi connectivity index (χ2n) is 14.4. The van der Waals surface area contributed by atoms with Crippen LogP contribution in [0.15, 0.2) is 54.6 Å². The van der Waals surface area contributed by atoms with Crippen LogP contribution < -0.4 is 9.42 Å². The van der Waals surface area contributed by atoms with E-state index < -0.39 is 9.03 Å². The minimum Gasteiger partial charge on any atom is -0.801 e. The molecule has 200 valence electrons. The van der Waals surface area contributed by atoms with Crippen LogP contribution in [0.5, 0.6) is 5.75 Å². The molecule has 0 bridgehead atoms. The van der Waals surface area contributed by atoms with Crippen molar-refractivity contribution in [3.63, 3.8) is 0 Å². The number of rotatable bonds is 4. The zero-order chi connectivity index (χ0) is 28.0. The van der Waals surface area contributed by atoms with Crippen molar-refractivity contribution in [1.29, 1.82) is 0 Å². The Morgan fingerprint density at radius 3 is 1.43 bits per heavy atom. The van der Waals surface area contributed by atoms with Crippen LogP contribution in [-0.2, 0) is 21.7 Å². The predicted molar refractivity (Wildman–Crippen MR) is 161 cm³/mol. The van der Waals surface area contributed by atoms with Crippen LogP contribution in [0.4, 0.5) is 0 Å². The molecule has 2 nitrogen and oxygen atoms in total. The first-order valence-corrected chi connectivity index (χ1v) is 14.1. The van der Waals surface area contributed by atoms with Gasteiger partial charge in [0.15, 0.2) is 0 Å². The molecule has 0 aliphatic carbocycles. The number of benzene rings is 3. The van der Waals surface area contributed by atoms with Crippen molar-refractivity contribution in [2.45, 2.75) is 105 Å². The highest BCUT2D eigenvalue weighted by Crippen LogP contribution is 2.48. The lowest BCUT2D eigenvalue weighted by molar-refractivity contribution is -0.162. The molecular formula is C34H46O2P-. The zero-order valence-corrected chi connectivity index (χ0v) is 26.0. The Hall–Kier alpha value is -2.15. The van der Waals surface area contributed by atoms with E-state index in [0.29, 0.717) is 5.75 Å². The summed E-state index contributed by atoms with van der Waals surface area (Å²) < 4.78 is 5.79. The van der Waals surface area contributed by atoms with Gasteiger partial charge in [-0.25, -0.2) is 0 Å². The largest absolute Gasteiger partial charge is 0.801 e. The molecule has 0 amide bonds. The molecule has 3 aromatic carbocycles. The van der Waals surface area contributed by atoms with Crippen LogP contribution >= 0.6 is 9.03 Å². The van der Waals surface area contributed by atoms with Gasteiger partial charge in [0.25, 0.3) is 0 Å². The molecule has 1 unspecified atom stereocenters. The Morgan fingerprint density at radius 1 is 0.541 bits per heavy atom. The van der Waals surface area contributed by atoms with E-state index in [0.717, 1.165) is 16.7 Å². The Labute approximate surface area is 227 Å². The molecule has 3 heteroatoms. The molecule has 0 fully saturated rings. The van der Waals surface area contributed by atoms with E-state index in [1.165, 1.54) is 27.8 Å². The molecule has 37 heavy (non-hydrogen) atoms. The van der Waals surface area contributed by atoms with Crippen molar-refractivity contribution in [1.82, 2.24) is 0 Å². The van der Waals surface area contributed by atoms with Gasteiger partial charge in [0, 0.05) is 5.56 Å². The summed E-state index contributed by atoms with van der Waals surface area (Å²) in [5.41, 5.74) is 9.55. The van der Waals surface area contributed by atoms with E-state index in [4.69, 9.17) is 4.52 Å². The molecule has 0 radical (unpaired) electrons. The highest BCUT2D eigenvalue weighted by atomic mass is 31.1.